The third-order valence-electron chi connectivity index (χ3n) is 4.55. The van der Waals surface area contributed by atoms with Crippen molar-refractivity contribution < 1.29 is 9.50 Å². The van der Waals surface area contributed by atoms with E-state index in [0.717, 1.165) is 31.5 Å². The number of halogens is 1. The van der Waals surface area contributed by atoms with Crippen LogP contribution >= 0.6 is 0 Å². The highest BCUT2D eigenvalue weighted by molar-refractivity contribution is 5.21. The molecule has 1 aliphatic heterocycles. The van der Waals surface area contributed by atoms with E-state index in [-0.39, 0.29) is 18.5 Å². The van der Waals surface area contributed by atoms with E-state index in [1.54, 1.807) is 6.07 Å². The lowest BCUT2D eigenvalue weighted by atomic mass is 9.97. The number of aliphatic hydroxyl groups is 1. The van der Waals surface area contributed by atoms with Crippen LogP contribution in [0, 0.1) is 5.82 Å². The number of benzene rings is 1. The van der Waals surface area contributed by atoms with Crippen molar-refractivity contribution >= 4 is 0 Å². The second-order valence-electron chi connectivity index (χ2n) is 5.85. The Balaban J connectivity index is 1.94. The SMILES string of the molecule is CNC(CCN1CCCCC1CCO)c1ccccc1F. The van der Waals surface area contributed by atoms with Crippen molar-refractivity contribution in [1.82, 2.24) is 10.2 Å². The average molecular weight is 294 g/mol. The highest BCUT2D eigenvalue weighted by Gasteiger charge is 2.23. The third kappa shape index (κ3) is 4.50. The maximum Gasteiger partial charge on any atom is 0.127 e. The Morgan fingerprint density at radius 1 is 1.38 bits per heavy atom. The summed E-state index contributed by atoms with van der Waals surface area (Å²) < 4.78 is 13.9. The monoisotopic (exact) mass is 294 g/mol. The molecule has 2 rings (SSSR count). The van der Waals surface area contributed by atoms with Crippen LogP contribution in [0.2, 0.25) is 0 Å². The van der Waals surface area contributed by atoms with Gasteiger partial charge in [-0.05, 0) is 45.3 Å². The molecule has 0 bridgehead atoms. The van der Waals surface area contributed by atoms with Gasteiger partial charge < -0.3 is 15.3 Å². The number of hydrogen-bond donors (Lipinski definition) is 2. The van der Waals surface area contributed by atoms with Gasteiger partial charge in [0.05, 0.1) is 0 Å². The van der Waals surface area contributed by atoms with Gasteiger partial charge in [0.25, 0.3) is 0 Å². The molecule has 3 nitrogen and oxygen atoms in total. The largest absolute Gasteiger partial charge is 0.396 e. The zero-order chi connectivity index (χ0) is 15.1. The lowest BCUT2D eigenvalue weighted by Crippen LogP contribution is -2.41. The Morgan fingerprint density at radius 2 is 2.19 bits per heavy atom. The smallest absolute Gasteiger partial charge is 0.127 e. The van der Waals surface area contributed by atoms with E-state index in [1.165, 1.54) is 25.3 Å². The quantitative estimate of drug-likeness (QED) is 0.811. The van der Waals surface area contributed by atoms with Gasteiger partial charge in [0.2, 0.25) is 0 Å². The van der Waals surface area contributed by atoms with Crippen molar-refractivity contribution in [3.63, 3.8) is 0 Å². The van der Waals surface area contributed by atoms with E-state index in [2.05, 4.69) is 10.2 Å². The number of hydrogen-bond acceptors (Lipinski definition) is 3. The summed E-state index contributed by atoms with van der Waals surface area (Å²) in [6.07, 6.45) is 5.39. The normalized spacial score (nSPS) is 21.4. The van der Waals surface area contributed by atoms with Gasteiger partial charge in [-0.3, -0.25) is 0 Å². The van der Waals surface area contributed by atoms with Crippen LogP contribution in [0.3, 0.4) is 0 Å². The molecule has 1 aliphatic rings. The van der Waals surface area contributed by atoms with Gasteiger partial charge in [0, 0.05) is 30.8 Å². The van der Waals surface area contributed by atoms with Crippen molar-refractivity contribution in [1.29, 1.82) is 0 Å². The average Bonchev–Trinajstić information content (AvgIpc) is 2.51. The minimum Gasteiger partial charge on any atom is -0.396 e. The van der Waals surface area contributed by atoms with Gasteiger partial charge in [0.1, 0.15) is 5.82 Å². The Labute approximate surface area is 127 Å². The first-order valence-corrected chi connectivity index (χ1v) is 8.03. The van der Waals surface area contributed by atoms with Crippen LogP contribution in [0.25, 0.3) is 0 Å². The van der Waals surface area contributed by atoms with Crippen LogP contribution in [0.15, 0.2) is 24.3 Å². The van der Waals surface area contributed by atoms with Gasteiger partial charge in [0.15, 0.2) is 0 Å². The molecule has 0 spiro atoms. The summed E-state index contributed by atoms with van der Waals surface area (Å²) in [7, 11) is 1.89. The Hall–Kier alpha value is -0.970. The third-order valence-corrected chi connectivity index (χ3v) is 4.55. The summed E-state index contributed by atoms with van der Waals surface area (Å²) in [6.45, 7) is 2.30. The van der Waals surface area contributed by atoms with E-state index in [1.807, 2.05) is 19.2 Å². The summed E-state index contributed by atoms with van der Waals surface area (Å²) in [6, 6.07) is 7.53. The molecular formula is C17H27FN2O. The summed E-state index contributed by atoms with van der Waals surface area (Å²) in [5, 5.41) is 12.4. The number of rotatable bonds is 7. The first kappa shape index (κ1) is 16.4. The van der Waals surface area contributed by atoms with E-state index < -0.39 is 0 Å². The topological polar surface area (TPSA) is 35.5 Å². The number of piperidine rings is 1. The zero-order valence-corrected chi connectivity index (χ0v) is 12.9. The van der Waals surface area contributed by atoms with Crippen LogP contribution < -0.4 is 5.32 Å². The van der Waals surface area contributed by atoms with Gasteiger partial charge in [-0.15, -0.1) is 0 Å². The number of nitrogens with zero attached hydrogens (tertiary/aromatic N) is 1. The van der Waals surface area contributed by atoms with E-state index >= 15 is 0 Å². The van der Waals surface area contributed by atoms with Gasteiger partial charge in [-0.2, -0.15) is 0 Å². The lowest BCUT2D eigenvalue weighted by molar-refractivity contribution is 0.114. The van der Waals surface area contributed by atoms with Crippen LogP contribution in [0.1, 0.15) is 43.7 Å². The molecule has 21 heavy (non-hydrogen) atoms. The fourth-order valence-electron chi connectivity index (χ4n) is 3.34. The molecule has 1 saturated heterocycles. The summed E-state index contributed by atoms with van der Waals surface area (Å²) in [5.41, 5.74) is 0.746. The van der Waals surface area contributed by atoms with Gasteiger partial charge in [-0.25, -0.2) is 4.39 Å². The van der Waals surface area contributed by atoms with E-state index in [9.17, 15) is 9.50 Å². The molecule has 118 valence electrons. The molecule has 2 atom stereocenters. The van der Waals surface area contributed by atoms with Crippen molar-refractivity contribution in [2.45, 2.75) is 44.2 Å². The van der Waals surface area contributed by atoms with Crippen LogP contribution in [0.4, 0.5) is 4.39 Å². The molecule has 0 aliphatic carbocycles. The highest BCUT2D eigenvalue weighted by Crippen LogP contribution is 2.24. The fourth-order valence-corrected chi connectivity index (χ4v) is 3.34. The molecule has 2 N–H and O–H groups in total. The predicted octanol–water partition coefficient (Wildman–Crippen LogP) is 2.71. The standard InChI is InChI=1S/C17H27FN2O/c1-19-17(15-7-2-3-8-16(15)18)9-12-20-11-5-4-6-14(20)10-13-21/h2-3,7-8,14,17,19,21H,4-6,9-13H2,1H3. The summed E-state index contributed by atoms with van der Waals surface area (Å²) in [4.78, 5) is 2.46. The predicted molar refractivity (Wildman–Crippen MR) is 83.7 cm³/mol. The first-order valence-electron chi connectivity index (χ1n) is 8.03. The maximum atomic E-state index is 13.9. The molecule has 2 unspecified atom stereocenters. The molecule has 1 heterocycles. The zero-order valence-electron chi connectivity index (χ0n) is 12.9. The van der Waals surface area contributed by atoms with Crippen molar-refractivity contribution in [3.05, 3.63) is 35.6 Å². The van der Waals surface area contributed by atoms with Crippen LogP contribution in [-0.4, -0.2) is 42.8 Å². The molecule has 1 aromatic carbocycles. The van der Waals surface area contributed by atoms with Gasteiger partial charge in [-0.1, -0.05) is 24.6 Å². The molecule has 1 fully saturated rings. The maximum absolute atomic E-state index is 13.9. The molecule has 0 radical (unpaired) electrons. The molecule has 0 aromatic heterocycles. The minimum atomic E-state index is -0.137. The molecule has 1 aromatic rings. The van der Waals surface area contributed by atoms with Crippen molar-refractivity contribution in [2.75, 3.05) is 26.7 Å². The minimum absolute atomic E-state index is 0.0444. The fraction of sp³-hybridized carbons (Fsp3) is 0.647. The van der Waals surface area contributed by atoms with Crippen LogP contribution in [0.5, 0.6) is 0 Å². The molecule has 0 amide bonds. The highest BCUT2D eigenvalue weighted by atomic mass is 19.1. The van der Waals surface area contributed by atoms with Crippen molar-refractivity contribution in [3.8, 4) is 0 Å². The summed E-state index contributed by atoms with van der Waals surface area (Å²) >= 11 is 0. The van der Waals surface area contributed by atoms with E-state index in [4.69, 9.17) is 0 Å². The number of nitrogens with one attached hydrogen (secondary N) is 1. The molecule has 4 heteroatoms. The van der Waals surface area contributed by atoms with Crippen LogP contribution in [-0.2, 0) is 0 Å². The lowest BCUT2D eigenvalue weighted by Gasteiger charge is -2.36. The first-order chi connectivity index (χ1) is 10.3. The second-order valence-corrected chi connectivity index (χ2v) is 5.85. The van der Waals surface area contributed by atoms with E-state index in [0.29, 0.717) is 6.04 Å². The Bertz CT molecular complexity index is 425. The number of aliphatic hydroxyl groups excluding tert-OH is 1. The van der Waals surface area contributed by atoms with Crippen molar-refractivity contribution in [2.24, 2.45) is 0 Å². The molecular weight excluding hydrogens is 267 g/mol. The molecule has 0 saturated carbocycles. The summed E-state index contributed by atoms with van der Waals surface area (Å²) in [5.74, 6) is -0.137. The number of likely N-dealkylation sites (tertiary alicyclic amines) is 1. The second kappa shape index (κ2) is 8.47. The van der Waals surface area contributed by atoms with Gasteiger partial charge >= 0.3 is 0 Å². The Kier molecular flexibility index (Phi) is 6.61. The Morgan fingerprint density at radius 3 is 2.90 bits per heavy atom.